The molecule has 1 aliphatic heterocycles. The van der Waals surface area contributed by atoms with Gasteiger partial charge in [0.2, 0.25) is 11.8 Å². The molecule has 0 aromatic carbocycles. The van der Waals surface area contributed by atoms with E-state index >= 15 is 0 Å². The fourth-order valence-corrected chi connectivity index (χ4v) is 2.61. The predicted octanol–water partition coefficient (Wildman–Crippen LogP) is 0.156. The SMILES string of the molecule is CC(=O)N1CCN(Cc2cccc(C)n2)CC(C(N)=O)C1. The molecule has 1 fully saturated rings. The summed E-state index contributed by atoms with van der Waals surface area (Å²) in [5.74, 6) is -0.705. The predicted molar refractivity (Wildman–Crippen MR) is 79.2 cm³/mol. The third-order valence-electron chi connectivity index (χ3n) is 3.78. The number of pyridine rings is 1. The van der Waals surface area contributed by atoms with Crippen LogP contribution in [-0.2, 0) is 16.1 Å². The number of carbonyl (C=O) groups excluding carboxylic acids is 2. The summed E-state index contributed by atoms with van der Waals surface area (Å²) in [4.78, 5) is 31.5. The van der Waals surface area contributed by atoms with Crippen LogP contribution in [0.5, 0.6) is 0 Å². The number of aromatic nitrogens is 1. The molecule has 0 spiro atoms. The largest absolute Gasteiger partial charge is 0.369 e. The van der Waals surface area contributed by atoms with Crippen LogP contribution in [0.15, 0.2) is 18.2 Å². The van der Waals surface area contributed by atoms with Gasteiger partial charge in [0.05, 0.1) is 11.6 Å². The van der Waals surface area contributed by atoms with E-state index in [1.54, 1.807) is 4.90 Å². The van der Waals surface area contributed by atoms with Gasteiger partial charge in [-0.3, -0.25) is 19.5 Å². The second kappa shape index (κ2) is 6.67. The molecule has 6 heteroatoms. The highest BCUT2D eigenvalue weighted by atomic mass is 16.2. The van der Waals surface area contributed by atoms with E-state index in [9.17, 15) is 9.59 Å². The molecule has 1 aromatic heterocycles. The van der Waals surface area contributed by atoms with Gasteiger partial charge in [-0.05, 0) is 19.1 Å². The first kappa shape index (κ1) is 15.4. The molecule has 1 unspecified atom stereocenters. The molecule has 0 bridgehead atoms. The maximum atomic E-state index is 11.6. The van der Waals surface area contributed by atoms with Crippen molar-refractivity contribution in [3.8, 4) is 0 Å². The summed E-state index contributed by atoms with van der Waals surface area (Å²) >= 11 is 0. The summed E-state index contributed by atoms with van der Waals surface area (Å²) in [5, 5.41) is 0. The van der Waals surface area contributed by atoms with Crippen molar-refractivity contribution in [2.24, 2.45) is 11.7 Å². The van der Waals surface area contributed by atoms with Gasteiger partial charge < -0.3 is 10.6 Å². The number of hydrogen-bond acceptors (Lipinski definition) is 4. The Labute approximate surface area is 124 Å². The van der Waals surface area contributed by atoms with Gasteiger partial charge in [0.25, 0.3) is 0 Å². The molecule has 2 heterocycles. The van der Waals surface area contributed by atoms with Crippen molar-refractivity contribution >= 4 is 11.8 Å². The molecule has 114 valence electrons. The molecule has 1 saturated heterocycles. The molecule has 1 aliphatic rings. The fourth-order valence-electron chi connectivity index (χ4n) is 2.61. The number of amides is 2. The topological polar surface area (TPSA) is 79.5 Å². The van der Waals surface area contributed by atoms with E-state index < -0.39 is 0 Å². The maximum Gasteiger partial charge on any atom is 0.223 e. The van der Waals surface area contributed by atoms with Crippen LogP contribution < -0.4 is 5.73 Å². The maximum absolute atomic E-state index is 11.6. The van der Waals surface area contributed by atoms with Crippen molar-refractivity contribution in [1.82, 2.24) is 14.8 Å². The number of nitrogens with two attached hydrogens (primary N) is 1. The zero-order valence-electron chi connectivity index (χ0n) is 12.6. The molecule has 2 rings (SSSR count). The Bertz CT molecular complexity index is 532. The molecule has 2 amide bonds. The average Bonchev–Trinajstić information content (AvgIpc) is 2.61. The van der Waals surface area contributed by atoms with E-state index in [4.69, 9.17) is 5.73 Å². The first-order valence-electron chi connectivity index (χ1n) is 7.15. The molecular formula is C15H22N4O2. The summed E-state index contributed by atoms with van der Waals surface area (Å²) in [6, 6.07) is 5.90. The Morgan fingerprint density at radius 2 is 2.10 bits per heavy atom. The highest BCUT2D eigenvalue weighted by Crippen LogP contribution is 2.12. The minimum absolute atomic E-state index is 0.0169. The summed E-state index contributed by atoms with van der Waals surface area (Å²) < 4.78 is 0. The molecule has 1 atom stereocenters. The Morgan fingerprint density at radius 1 is 1.33 bits per heavy atom. The van der Waals surface area contributed by atoms with E-state index in [0.29, 0.717) is 26.2 Å². The normalized spacial score (nSPS) is 20.1. The van der Waals surface area contributed by atoms with Gasteiger partial charge in [0, 0.05) is 45.3 Å². The quantitative estimate of drug-likeness (QED) is 0.860. The second-order valence-electron chi connectivity index (χ2n) is 5.57. The minimum Gasteiger partial charge on any atom is -0.369 e. The Balaban J connectivity index is 2.09. The van der Waals surface area contributed by atoms with Crippen LogP contribution in [0, 0.1) is 12.8 Å². The second-order valence-corrected chi connectivity index (χ2v) is 5.57. The third-order valence-corrected chi connectivity index (χ3v) is 3.78. The van der Waals surface area contributed by atoms with Crippen LogP contribution in [0.4, 0.5) is 0 Å². The van der Waals surface area contributed by atoms with Crippen LogP contribution in [0.25, 0.3) is 0 Å². The smallest absolute Gasteiger partial charge is 0.223 e. The monoisotopic (exact) mass is 290 g/mol. The van der Waals surface area contributed by atoms with Crippen molar-refractivity contribution in [1.29, 1.82) is 0 Å². The van der Waals surface area contributed by atoms with Crippen LogP contribution >= 0.6 is 0 Å². The first-order chi connectivity index (χ1) is 9.95. The number of nitrogens with zero attached hydrogens (tertiary/aromatic N) is 3. The van der Waals surface area contributed by atoms with E-state index in [-0.39, 0.29) is 17.7 Å². The molecule has 0 saturated carbocycles. The lowest BCUT2D eigenvalue weighted by Gasteiger charge is -2.21. The summed E-state index contributed by atoms with van der Waals surface area (Å²) in [7, 11) is 0. The molecule has 6 nitrogen and oxygen atoms in total. The summed E-state index contributed by atoms with van der Waals surface area (Å²) in [6.45, 7) is 6.45. The van der Waals surface area contributed by atoms with Crippen molar-refractivity contribution in [2.45, 2.75) is 20.4 Å². The van der Waals surface area contributed by atoms with Crippen molar-refractivity contribution < 1.29 is 9.59 Å². The number of primary amides is 1. The van der Waals surface area contributed by atoms with Crippen LogP contribution in [0.3, 0.4) is 0 Å². The van der Waals surface area contributed by atoms with E-state index in [1.807, 2.05) is 25.1 Å². The van der Waals surface area contributed by atoms with Gasteiger partial charge >= 0.3 is 0 Å². The first-order valence-corrected chi connectivity index (χ1v) is 7.15. The number of rotatable bonds is 3. The van der Waals surface area contributed by atoms with Gasteiger partial charge in [-0.1, -0.05) is 6.07 Å². The minimum atomic E-state index is -0.356. The summed E-state index contributed by atoms with van der Waals surface area (Å²) in [5.41, 5.74) is 7.40. The zero-order chi connectivity index (χ0) is 15.4. The summed E-state index contributed by atoms with van der Waals surface area (Å²) in [6.07, 6.45) is 0. The highest BCUT2D eigenvalue weighted by Gasteiger charge is 2.27. The molecular weight excluding hydrogens is 268 g/mol. The van der Waals surface area contributed by atoms with Crippen LogP contribution in [0.2, 0.25) is 0 Å². The van der Waals surface area contributed by atoms with E-state index in [1.165, 1.54) is 6.92 Å². The average molecular weight is 290 g/mol. The number of hydrogen-bond donors (Lipinski definition) is 1. The van der Waals surface area contributed by atoms with E-state index in [2.05, 4.69) is 9.88 Å². The van der Waals surface area contributed by atoms with Crippen molar-refractivity contribution in [3.05, 3.63) is 29.6 Å². The van der Waals surface area contributed by atoms with Gasteiger partial charge in [-0.25, -0.2) is 0 Å². The van der Waals surface area contributed by atoms with Gasteiger partial charge in [-0.2, -0.15) is 0 Å². The third kappa shape index (κ3) is 4.26. The Hall–Kier alpha value is -1.95. The van der Waals surface area contributed by atoms with Crippen molar-refractivity contribution in [2.75, 3.05) is 26.2 Å². The number of aryl methyl sites for hydroxylation is 1. The highest BCUT2D eigenvalue weighted by molar-refractivity contribution is 5.79. The lowest BCUT2D eigenvalue weighted by Crippen LogP contribution is -2.39. The van der Waals surface area contributed by atoms with Gasteiger partial charge in [0.1, 0.15) is 0 Å². The van der Waals surface area contributed by atoms with Crippen LogP contribution in [0.1, 0.15) is 18.3 Å². The molecule has 21 heavy (non-hydrogen) atoms. The number of carbonyl (C=O) groups is 2. The van der Waals surface area contributed by atoms with Crippen molar-refractivity contribution in [3.63, 3.8) is 0 Å². The lowest BCUT2D eigenvalue weighted by atomic mass is 10.1. The molecule has 2 N–H and O–H groups in total. The zero-order valence-corrected chi connectivity index (χ0v) is 12.6. The molecule has 1 aromatic rings. The Kier molecular flexibility index (Phi) is 4.90. The van der Waals surface area contributed by atoms with Gasteiger partial charge in [-0.15, -0.1) is 0 Å². The van der Waals surface area contributed by atoms with E-state index in [0.717, 1.165) is 17.9 Å². The van der Waals surface area contributed by atoms with Gasteiger partial charge in [0.15, 0.2) is 0 Å². The molecule has 0 radical (unpaired) electrons. The van der Waals surface area contributed by atoms with Crippen LogP contribution in [-0.4, -0.2) is 52.8 Å². The molecule has 0 aliphatic carbocycles. The lowest BCUT2D eigenvalue weighted by molar-refractivity contribution is -0.130. The fraction of sp³-hybridized carbons (Fsp3) is 0.533. The Morgan fingerprint density at radius 3 is 2.71 bits per heavy atom. The standard InChI is InChI=1S/C15H22N4O2/c1-11-4-3-5-14(17-11)10-18-6-7-19(12(2)20)9-13(8-18)15(16)21/h3-5,13H,6-10H2,1-2H3,(H2,16,21).